The number of fused-ring (bicyclic) bond motifs is 2. The molecule has 10 nitrogen and oxygen atoms in total. The molecular formula is C40H44BrN3O7. The maximum atomic E-state index is 15.0. The molecule has 3 saturated heterocycles. The SMILES string of the molecule is C=CCCC(=O)OC[C@@H](NC(=O)[C@@H]1[C@H]2O[C@@]3(CC2Br)[C@H](C(=O)N(CC=C)c2ccc4ccccc4c2)N([C@@H](CC)CO)C(=O)[C@@H]13)c1ccccc1. The van der Waals surface area contributed by atoms with E-state index in [4.69, 9.17) is 9.47 Å². The minimum absolute atomic E-state index is 0.108. The monoisotopic (exact) mass is 757 g/mol. The first kappa shape index (κ1) is 36.5. The van der Waals surface area contributed by atoms with E-state index in [0.29, 0.717) is 24.9 Å². The van der Waals surface area contributed by atoms with Gasteiger partial charge >= 0.3 is 5.97 Å². The van der Waals surface area contributed by atoms with Gasteiger partial charge in [0, 0.05) is 23.5 Å². The fraction of sp³-hybridized carbons (Fsp3) is 0.400. The summed E-state index contributed by atoms with van der Waals surface area (Å²) in [4.78, 5) is 59.3. The Morgan fingerprint density at radius 1 is 1.10 bits per heavy atom. The summed E-state index contributed by atoms with van der Waals surface area (Å²) in [6.07, 6.45) is 3.90. The molecule has 268 valence electrons. The number of aliphatic hydroxyl groups is 1. The second-order valence-electron chi connectivity index (χ2n) is 13.4. The van der Waals surface area contributed by atoms with E-state index >= 15 is 4.79 Å². The van der Waals surface area contributed by atoms with E-state index in [-0.39, 0.29) is 36.9 Å². The molecule has 6 rings (SSSR count). The second-order valence-corrected chi connectivity index (χ2v) is 14.6. The summed E-state index contributed by atoms with van der Waals surface area (Å²) in [6, 6.07) is 20.3. The van der Waals surface area contributed by atoms with Gasteiger partial charge in [0.2, 0.25) is 11.8 Å². The Morgan fingerprint density at radius 2 is 1.82 bits per heavy atom. The van der Waals surface area contributed by atoms with Crippen LogP contribution in [0.25, 0.3) is 10.8 Å². The van der Waals surface area contributed by atoms with Crippen LogP contribution in [0.4, 0.5) is 5.69 Å². The number of likely N-dealkylation sites (tertiary alicyclic amines) is 1. The Morgan fingerprint density at radius 3 is 2.51 bits per heavy atom. The number of anilines is 1. The van der Waals surface area contributed by atoms with E-state index in [2.05, 4.69) is 34.4 Å². The van der Waals surface area contributed by atoms with Crippen LogP contribution < -0.4 is 10.2 Å². The largest absolute Gasteiger partial charge is 0.463 e. The highest BCUT2D eigenvalue weighted by Crippen LogP contribution is 2.60. The van der Waals surface area contributed by atoms with Gasteiger partial charge < -0.3 is 29.7 Å². The Hall–Kier alpha value is -4.32. The van der Waals surface area contributed by atoms with Crippen molar-refractivity contribution < 1.29 is 33.8 Å². The number of alkyl halides is 1. The molecular weight excluding hydrogens is 714 g/mol. The van der Waals surface area contributed by atoms with Crippen LogP contribution in [0.15, 0.2) is 98.1 Å². The third-order valence-corrected chi connectivity index (χ3v) is 11.3. The number of carbonyl (C=O) groups excluding carboxylic acids is 4. The molecule has 3 aliphatic rings. The van der Waals surface area contributed by atoms with Crippen LogP contribution in [0.5, 0.6) is 0 Å². The third kappa shape index (κ3) is 6.74. The van der Waals surface area contributed by atoms with Crippen molar-refractivity contribution in [1.29, 1.82) is 0 Å². The second kappa shape index (κ2) is 15.5. The number of benzene rings is 3. The lowest BCUT2D eigenvalue weighted by Crippen LogP contribution is -2.59. The van der Waals surface area contributed by atoms with Crippen LogP contribution in [0, 0.1) is 11.8 Å². The van der Waals surface area contributed by atoms with Crippen molar-refractivity contribution in [3.8, 4) is 0 Å². The number of hydrogen-bond donors (Lipinski definition) is 2. The van der Waals surface area contributed by atoms with Crippen molar-refractivity contribution in [2.45, 2.75) is 67.3 Å². The van der Waals surface area contributed by atoms with Gasteiger partial charge in [0.1, 0.15) is 18.2 Å². The lowest BCUT2D eigenvalue weighted by atomic mass is 9.70. The van der Waals surface area contributed by atoms with E-state index in [9.17, 15) is 19.5 Å². The summed E-state index contributed by atoms with van der Waals surface area (Å²) in [6.45, 7) is 9.11. The first-order chi connectivity index (χ1) is 24.7. The van der Waals surface area contributed by atoms with Gasteiger partial charge in [-0.1, -0.05) is 95.7 Å². The van der Waals surface area contributed by atoms with Crippen molar-refractivity contribution in [3.05, 3.63) is 104 Å². The van der Waals surface area contributed by atoms with Crippen molar-refractivity contribution in [2.24, 2.45) is 11.8 Å². The first-order valence-electron chi connectivity index (χ1n) is 17.5. The highest BCUT2D eigenvalue weighted by molar-refractivity contribution is 9.09. The Bertz CT molecular complexity index is 1800. The van der Waals surface area contributed by atoms with Gasteiger partial charge in [-0.25, -0.2) is 0 Å². The maximum Gasteiger partial charge on any atom is 0.306 e. The van der Waals surface area contributed by atoms with Crippen LogP contribution >= 0.6 is 15.9 Å². The van der Waals surface area contributed by atoms with E-state index in [1.807, 2.05) is 79.7 Å². The van der Waals surface area contributed by atoms with Crippen LogP contribution in [-0.4, -0.2) is 82.1 Å². The fourth-order valence-electron chi connectivity index (χ4n) is 8.04. The Labute approximate surface area is 306 Å². The van der Waals surface area contributed by atoms with Gasteiger partial charge in [0.25, 0.3) is 5.91 Å². The molecule has 1 unspecified atom stereocenters. The van der Waals surface area contributed by atoms with Crippen molar-refractivity contribution >= 4 is 56.1 Å². The lowest BCUT2D eigenvalue weighted by Gasteiger charge is -2.39. The van der Waals surface area contributed by atoms with E-state index in [1.165, 1.54) is 4.90 Å². The first-order valence-corrected chi connectivity index (χ1v) is 18.4. The molecule has 51 heavy (non-hydrogen) atoms. The number of ether oxygens (including phenoxy) is 2. The molecule has 1 spiro atoms. The number of nitrogens with one attached hydrogen (secondary N) is 1. The molecule has 3 aliphatic heterocycles. The Balaban J connectivity index is 1.36. The molecule has 8 atom stereocenters. The van der Waals surface area contributed by atoms with Crippen LogP contribution in [0.2, 0.25) is 0 Å². The van der Waals surface area contributed by atoms with Gasteiger partial charge in [0.05, 0.1) is 36.6 Å². The molecule has 3 aromatic carbocycles. The average Bonchev–Trinajstić information content (AvgIpc) is 3.75. The maximum absolute atomic E-state index is 15.0. The van der Waals surface area contributed by atoms with Crippen LogP contribution in [-0.2, 0) is 28.7 Å². The van der Waals surface area contributed by atoms with Crippen molar-refractivity contribution in [3.63, 3.8) is 0 Å². The molecule has 11 heteroatoms. The minimum atomic E-state index is -1.34. The Kier molecular flexibility index (Phi) is 11.1. The molecule has 3 amide bonds. The molecule has 3 fully saturated rings. The molecule has 0 radical (unpaired) electrons. The summed E-state index contributed by atoms with van der Waals surface area (Å²) in [5.41, 5.74) is 0.0204. The van der Waals surface area contributed by atoms with E-state index < -0.39 is 59.5 Å². The number of allylic oxidation sites excluding steroid dienone is 1. The zero-order valence-corrected chi connectivity index (χ0v) is 30.2. The summed E-state index contributed by atoms with van der Waals surface area (Å²) in [5, 5.41) is 15.6. The highest BCUT2D eigenvalue weighted by Gasteiger charge is 2.77. The van der Waals surface area contributed by atoms with Gasteiger partial charge in [0.15, 0.2) is 0 Å². The van der Waals surface area contributed by atoms with Crippen molar-refractivity contribution in [2.75, 3.05) is 24.7 Å². The van der Waals surface area contributed by atoms with Gasteiger partial charge in [-0.3, -0.25) is 19.2 Å². The zero-order valence-electron chi connectivity index (χ0n) is 28.7. The van der Waals surface area contributed by atoms with Crippen molar-refractivity contribution in [1.82, 2.24) is 10.2 Å². The summed E-state index contributed by atoms with van der Waals surface area (Å²) in [5.74, 6) is -3.57. The predicted octanol–water partition coefficient (Wildman–Crippen LogP) is 5.24. The predicted molar refractivity (Wildman–Crippen MR) is 198 cm³/mol. The fourth-order valence-corrected chi connectivity index (χ4v) is 8.98. The minimum Gasteiger partial charge on any atom is -0.463 e. The van der Waals surface area contributed by atoms with E-state index in [1.54, 1.807) is 17.1 Å². The summed E-state index contributed by atoms with van der Waals surface area (Å²) < 4.78 is 12.3. The van der Waals surface area contributed by atoms with Gasteiger partial charge in [-0.15, -0.1) is 13.2 Å². The smallest absolute Gasteiger partial charge is 0.306 e. The number of esters is 1. The molecule has 3 heterocycles. The van der Waals surface area contributed by atoms with Gasteiger partial charge in [-0.05, 0) is 47.7 Å². The quantitative estimate of drug-likeness (QED) is 0.123. The number of rotatable bonds is 15. The molecule has 3 aromatic rings. The number of hydrogen-bond acceptors (Lipinski definition) is 7. The highest BCUT2D eigenvalue weighted by atomic mass is 79.9. The standard InChI is InChI=1S/C40H44BrN3O7/c1-4-7-17-32(46)50-24-31(26-14-9-8-10-15-26)42-37(47)33-34-38(48)44(28(6-3)23-45)36(40(34)22-30(41)35(33)51-40)39(49)43(20-5-2)29-19-18-25-13-11-12-16-27(25)21-29/h4-5,8-16,18-19,21,28,30-31,33-36,45H,1-2,6-7,17,20,22-24H2,3H3,(H,42,47)/t28-,30?,31+,33-,34+,35-,36-,40+/m0/s1. The molecule has 0 aromatic heterocycles. The number of nitrogens with zero attached hydrogens (tertiary/aromatic N) is 2. The summed E-state index contributed by atoms with van der Waals surface area (Å²) in [7, 11) is 0. The van der Waals surface area contributed by atoms with Crippen LogP contribution in [0.1, 0.15) is 44.2 Å². The third-order valence-electron chi connectivity index (χ3n) is 10.4. The van der Waals surface area contributed by atoms with Gasteiger partial charge in [-0.2, -0.15) is 0 Å². The number of aliphatic hydroxyl groups excluding tert-OH is 1. The number of carbonyl (C=O) groups is 4. The van der Waals surface area contributed by atoms with Crippen LogP contribution in [0.3, 0.4) is 0 Å². The number of halogens is 1. The summed E-state index contributed by atoms with van der Waals surface area (Å²) >= 11 is 3.75. The molecule has 2 bridgehead atoms. The molecule has 2 N–H and O–H groups in total. The lowest BCUT2D eigenvalue weighted by molar-refractivity contribution is -0.146. The topological polar surface area (TPSA) is 125 Å². The van der Waals surface area contributed by atoms with E-state index in [0.717, 1.165) is 16.3 Å². The number of amides is 3. The average molecular weight is 759 g/mol. The molecule has 0 aliphatic carbocycles. The normalized spacial score (nSPS) is 26.0. The molecule has 0 saturated carbocycles. The zero-order chi connectivity index (χ0) is 36.3.